The largest absolute Gasteiger partial charge is 0.472 e. The molecule has 0 bridgehead atoms. The molecule has 0 saturated heterocycles. The predicted octanol–water partition coefficient (Wildman–Crippen LogP) is 1.84. The number of aliphatic carboxylic acids is 1. The molecule has 0 aliphatic rings. The monoisotopic (exact) mass is 186 g/mol. The molecule has 2 nitrogen and oxygen atoms in total. The van der Waals surface area contributed by atoms with Crippen LogP contribution in [-0.4, -0.2) is 11.1 Å². The van der Waals surface area contributed by atoms with Gasteiger partial charge in [-0.05, 0) is 17.4 Å². The molecule has 1 N–H and O–H groups in total. The summed E-state index contributed by atoms with van der Waals surface area (Å²) in [6, 6.07) is 1.68. The summed E-state index contributed by atoms with van der Waals surface area (Å²) in [5.74, 6) is 3.27. The molecule has 0 amide bonds. The zero-order valence-electron chi connectivity index (χ0n) is 5.30. The number of thiophene rings is 1. The maximum atomic E-state index is 9.99. The minimum absolute atomic E-state index is 0.503. The second kappa shape index (κ2) is 3.42. The first kappa shape index (κ1) is 8.12. The fourth-order valence-corrected chi connectivity index (χ4v) is 1.44. The second-order valence-electron chi connectivity index (χ2n) is 1.65. The summed E-state index contributed by atoms with van der Waals surface area (Å²) in [5.41, 5.74) is 0. The van der Waals surface area contributed by atoms with E-state index in [1.807, 2.05) is 5.92 Å². The van der Waals surface area contributed by atoms with Crippen molar-refractivity contribution in [3.63, 3.8) is 0 Å². The Morgan fingerprint density at radius 3 is 2.91 bits per heavy atom. The lowest BCUT2D eigenvalue weighted by Crippen LogP contribution is -1.86. The van der Waals surface area contributed by atoms with E-state index in [0.29, 0.717) is 9.90 Å². The third-order valence-electron chi connectivity index (χ3n) is 0.900. The molecule has 4 heteroatoms. The van der Waals surface area contributed by atoms with Gasteiger partial charge in [0.1, 0.15) is 0 Å². The van der Waals surface area contributed by atoms with Crippen LogP contribution in [-0.2, 0) is 4.79 Å². The molecule has 1 aromatic heterocycles. The molecular formula is C7H3ClO2S. The number of rotatable bonds is 0. The predicted molar refractivity (Wildman–Crippen MR) is 43.8 cm³/mol. The van der Waals surface area contributed by atoms with E-state index >= 15 is 0 Å². The SMILES string of the molecule is O=C(O)C#Cc1sccc1Cl. The maximum Gasteiger partial charge on any atom is 0.382 e. The van der Waals surface area contributed by atoms with Crippen molar-refractivity contribution in [3.8, 4) is 11.8 Å². The Labute approximate surface area is 72.4 Å². The molecule has 11 heavy (non-hydrogen) atoms. The minimum atomic E-state index is -1.14. The highest BCUT2D eigenvalue weighted by Gasteiger charge is 1.96. The van der Waals surface area contributed by atoms with E-state index in [1.54, 1.807) is 11.4 Å². The van der Waals surface area contributed by atoms with Gasteiger partial charge in [-0.3, -0.25) is 0 Å². The number of carbonyl (C=O) groups is 1. The zero-order chi connectivity index (χ0) is 8.27. The standard InChI is InChI=1S/C7H3ClO2S/c8-5-3-4-11-6(5)1-2-7(9)10/h3-4H,(H,9,10). The van der Waals surface area contributed by atoms with Crippen LogP contribution in [0.1, 0.15) is 4.88 Å². The van der Waals surface area contributed by atoms with Gasteiger partial charge in [-0.1, -0.05) is 11.6 Å². The normalized spacial score (nSPS) is 8.45. The van der Waals surface area contributed by atoms with Crippen molar-refractivity contribution in [1.29, 1.82) is 0 Å². The van der Waals surface area contributed by atoms with Crippen LogP contribution in [0, 0.1) is 11.8 Å². The Morgan fingerprint density at radius 2 is 2.45 bits per heavy atom. The van der Waals surface area contributed by atoms with Crippen molar-refractivity contribution in [3.05, 3.63) is 21.3 Å². The molecule has 0 unspecified atom stereocenters. The lowest BCUT2D eigenvalue weighted by molar-refractivity contribution is -0.130. The number of hydrogen-bond acceptors (Lipinski definition) is 2. The summed E-state index contributed by atoms with van der Waals surface area (Å²) in [4.78, 5) is 10.6. The van der Waals surface area contributed by atoms with Crippen LogP contribution in [0.25, 0.3) is 0 Å². The van der Waals surface area contributed by atoms with Crippen LogP contribution in [0.3, 0.4) is 0 Å². The zero-order valence-corrected chi connectivity index (χ0v) is 6.87. The van der Waals surface area contributed by atoms with E-state index < -0.39 is 5.97 Å². The van der Waals surface area contributed by atoms with Gasteiger partial charge in [0, 0.05) is 5.92 Å². The highest BCUT2D eigenvalue weighted by Crippen LogP contribution is 2.20. The van der Waals surface area contributed by atoms with Gasteiger partial charge in [-0.25, -0.2) is 4.79 Å². The summed E-state index contributed by atoms with van der Waals surface area (Å²) in [5, 5.41) is 10.5. The van der Waals surface area contributed by atoms with Gasteiger partial charge in [0.2, 0.25) is 0 Å². The first-order valence-electron chi connectivity index (χ1n) is 2.68. The highest BCUT2D eigenvalue weighted by atomic mass is 35.5. The molecule has 56 valence electrons. The van der Waals surface area contributed by atoms with E-state index in [1.165, 1.54) is 11.3 Å². The quantitative estimate of drug-likeness (QED) is 0.628. The first-order chi connectivity index (χ1) is 5.20. The lowest BCUT2D eigenvalue weighted by Gasteiger charge is -1.79. The van der Waals surface area contributed by atoms with E-state index in [0.717, 1.165) is 0 Å². The van der Waals surface area contributed by atoms with Crippen LogP contribution in [0.15, 0.2) is 11.4 Å². The molecule has 1 heterocycles. The van der Waals surface area contributed by atoms with Crippen LogP contribution in [0.2, 0.25) is 5.02 Å². The van der Waals surface area contributed by atoms with Gasteiger partial charge >= 0.3 is 5.97 Å². The summed E-state index contributed by atoms with van der Waals surface area (Å²) in [7, 11) is 0. The van der Waals surface area contributed by atoms with Crippen LogP contribution < -0.4 is 0 Å². The van der Waals surface area contributed by atoms with Crippen LogP contribution in [0.4, 0.5) is 0 Å². The van der Waals surface area contributed by atoms with E-state index in [4.69, 9.17) is 16.7 Å². The average Bonchev–Trinajstić information content (AvgIpc) is 2.31. The lowest BCUT2D eigenvalue weighted by atomic mass is 10.4. The van der Waals surface area contributed by atoms with Gasteiger partial charge < -0.3 is 5.11 Å². The van der Waals surface area contributed by atoms with Crippen molar-refractivity contribution >= 4 is 28.9 Å². The van der Waals surface area contributed by atoms with Crippen LogP contribution in [0.5, 0.6) is 0 Å². The Morgan fingerprint density at radius 1 is 1.73 bits per heavy atom. The van der Waals surface area contributed by atoms with E-state index in [9.17, 15) is 4.79 Å². The molecule has 0 saturated carbocycles. The first-order valence-corrected chi connectivity index (χ1v) is 3.94. The van der Waals surface area contributed by atoms with Gasteiger partial charge in [0.05, 0.1) is 9.90 Å². The summed E-state index contributed by atoms with van der Waals surface area (Å²) >= 11 is 6.96. The van der Waals surface area contributed by atoms with Gasteiger partial charge in [-0.2, -0.15) is 0 Å². The summed E-state index contributed by atoms with van der Waals surface area (Å²) in [6.45, 7) is 0. The van der Waals surface area contributed by atoms with Crippen molar-refractivity contribution in [2.45, 2.75) is 0 Å². The molecule has 1 aromatic rings. The van der Waals surface area contributed by atoms with Crippen molar-refractivity contribution in [1.82, 2.24) is 0 Å². The van der Waals surface area contributed by atoms with Crippen LogP contribution >= 0.6 is 22.9 Å². The van der Waals surface area contributed by atoms with Crippen molar-refractivity contribution in [2.24, 2.45) is 0 Å². The molecule has 1 rings (SSSR count). The summed E-state index contributed by atoms with van der Waals surface area (Å²) in [6.07, 6.45) is 0. The maximum absolute atomic E-state index is 9.99. The fourth-order valence-electron chi connectivity index (χ4n) is 0.493. The topological polar surface area (TPSA) is 37.3 Å². The molecule has 0 fully saturated rings. The smallest absolute Gasteiger partial charge is 0.382 e. The molecule has 0 atom stereocenters. The third-order valence-corrected chi connectivity index (χ3v) is 2.16. The average molecular weight is 187 g/mol. The Kier molecular flexibility index (Phi) is 2.53. The van der Waals surface area contributed by atoms with Crippen molar-refractivity contribution < 1.29 is 9.90 Å². The molecule has 0 spiro atoms. The highest BCUT2D eigenvalue weighted by molar-refractivity contribution is 7.11. The number of carboxylic acid groups (broad SMARTS) is 1. The number of carboxylic acids is 1. The Balaban J connectivity index is 2.90. The second-order valence-corrected chi connectivity index (χ2v) is 2.98. The molecule has 0 radical (unpaired) electrons. The molecule has 0 aliphatic carbocycles. The molecular weight excluding hydrogens is 184 g/mol. The fraction of sp³-hybridized carbons (Fsp3) is 0. The van der Waals surface area contributed by atoms with E-state index in [-0.39, 0.29) is 0 Å². The molecule has 0 aliphatic heterocycles. The molecule has 0 aromatic carbocycles. The van der Waals surface area contributed by atoms with Crippen molar-refractivity contribution in [2.75, 3.05) is 0 Å². The Hall–Kier alpha value is -0.980. The van der Waals surface area contributed by atoms with Gasteiger partial charge in [0.15, 0.2) is 0 Å². The minimum Gasteiger partial charge on any atom is -0.472 e. The number of hydrogen-bond donors (Lipinski definition) is 1. The van der Waals surface area contributed by atoms with E-state index in [2.05, 4.69) is 5.92 Å². The number of halogens is 1. The van der Waals surface area contributed by atoms with Gasteiger partial charge in [0.25, 0.3) is 0 Å². The van der Waals surface area contributed by atoms with Gasteiger partial charge in [-0.15, -0.1) is 11.3 Å². The third kappa shape index (κ3) is 2.26. The summed E-state index contributed by atoms with van der Waals surface area (Å²) < 4.78 is 0. The Bertz CT molecular complexity index is 332.